The van der Waals surface area contributed by atoms with Gasteiger partial charge < -0.3 is 5.32 Å². The van der Waals surface area contributed by atoms with Gasteiger partial charge in [0.25, 0.3) is 0 Å². The number of aryl methyl sites for hydroxylation is 1. The number of hydrogen-bond acceptors (Lipinski definition) is 3. The standard InChI is InChI=1S/C16H24N4/c1-3-9-19(13-10-17-11-13)12-15-14-7-5-6-8-16(14)20(4-2)18-15/h5-8,13,17H,3-4,9-12H2,1-2H3. The highest BCUT2D eigenvalue weighted by Gasteiger charge is 2.25. The van der Waals surface area contributed by atoms with Crippen molar-refractivity contribution in [3.8, 4) is 0 Å². The third-order valence-corrected chi connectivity index (χ3v) is 4.17. The minimum Gasteiger partial charge on any atom is -0.314 e. The third-order valence-electron chi connectivity index (χ3n) is 4.17. The Morgan fingerprint density at radius 3 is 2.75 bits per heavy atom. The van der Waals surface area contributed by atoms with Gasteiger partial charge in [-0.15, -0.1) is 0 Å². The van der Waals surface area contributed by atoms with Gasteiger partial charge in [0.15, 0.2) is 0 Å². The Morgan fingerprint density at radius 2 is 2.10 bits per heavy atom. The summed E-state index contributed by atoms with van der Waals surface area (Å²) in [7, 11) is 0. The number of nitrogens with zero attached hydrogens (tertiary/aromatic N) is 3. The number of rotatable bonds is 6. The van der Waals surface area contributed by atoms with Gasteiger partial charge in [-0.1, -0.05) is 25.1 Å². The van der Waals surface area contributed by atoms with Crippen LogP contribution in [0.5, 0.6) is 0 Å². The SMILES string of the molecule is CCCN(Cc1nn(CC)c2ccccc12)C1CNC1. The Balaban J connectivity index is 1.88. The second kappa shape index (κ2) is 5.94. The van der Waals surface area contributed by atoms with E-state index < -0.39 is 0 Å². The van der Waals surface area contributed by atoms with Gasteiger partial charge in [-0.2, -0.15) is 5.10 Å². The molecule has 0 bridgehead atoms. The van der Waals surface area contributed by atoms with E-state index in [9.17, 15) is 0 Å². The predicted molar refractivity (Wildman–Crippen MR) is 82.8 cm³/mol. The van der Waals surface area contributed by atoms with Crippen molar-refractivity contribution in [1.82, 2.24) is 20.0 Å². The van der Waals surface area contributed by atoms with Gasteiger partial charge in [-0.05, 0) is 26.0 Å². The van der Waals surface area contributed by atoms with Crippen LogP contribution in [-0.2, 0) is 13.1 Å². The molecular formula is C16H24N4. The number of hydrogen-bond donors (Lipinski definition) is 1. The number of para-hydroxylation sites is 1. The first kappa shape index (κ1) is 13.6. The summed E-state index contributed by atoms with van der Waals surface area (Å²) < 4.78 is 2.12. The molecule has 1 fully saturated rings. The lowest BCUT2D eigenvalue weighted by atomic mass is 10.1. The van der Waals surface area contributed by atoms with Crippen molar-refractivity contribution in [3.63, 3.8) is 0 Å². The number of aromatic nitrogens is 2. The molecule has 0 atom stereocenters. The molecule has 0 amide bonds. The van der Waals surface area contributed by atoms with Gasteiger partial charge in [0, 0.05) is 37.6 Å². The van der Waals surface area contributed by atoms with Gasteiger partial charge in [0.05, 0.1) is 11.2 Å². The molecule has 1 aliphatic rings. The average molecular weight is 272 g/mol. The molecule has 4 nitrogen and oxygen atoms in total. The van der Waals surface area contributed by atoms with Gasteiger partial charge in [0.2, 0.25) is 0 Å². The van der Waals surface area contributed by atoms with Crippen LogP contribution in [0.3, 0.4) is 0 Å². The van der Waals surface area contributed by atoms with Gasteiger partial charge in [0.1, 0.15) is 0 Å². The fourth-order valence-corrected chi connectivity index (χ4v) is 2.96. The molecule has 3 rings (SSSR count). The summed E-state index contributed by atoms with van der Waals surface area (Å²) in [4.78, 5) is 2.57. The molecule has 0 radical (unpaired) electrons. The minimum atomic E-state index is 0.681. The molecule has 0 unspecified atom stereocenters. The van der Waals surface area contributed by atoms with E-state index in [-0.39, 0.29) is 0 Å². The number of nitrogens with one attached hydrogen (secondary N) is 1. The number of fused-ring (bicyclic) bond motifs is 1. The van der Waals surface area contributed by atoms with Crippen molar-refractivity contribution in [2.24, 2.45) is 0 Å². The molecule has 108 valence electrons. The Morgan fingerprint density at radius 1 is 1.30 bits per heavy atom. The number of benzene rings is 1. The molecule has 0 saturated carbocycles. The van der Waals surface area contributed by atoms with Crippen molar-refractivity contribution in [1.29, 1.82) is 0 Å². The summed E-state index contributed by atoms with van der Waals surface area (Å²) in [6.45, 7) is 9.69. The first-order chi connectivity index (χ1) is 9.83. The van der Waals surface area contributed by atoms with Gasteiger partial charge in [-0.25, -0.2) is 0 Å². The summed E-state index contributed by atoms with van der Waals surface area (Å²) >= 11 is 0. The van der Waals surface area contributed by atoms with Crippen molar-refractivity contribution < 1.29 is 0 Å². The summed E-state index contributed by atoms with van der Waals surface area (Å²) in [5.41, 5.74) is 2.48. The molecule has 1 N–H and O–H groups in total. The molecule has 1 aliphatic heterocycles. The smallest absolute Gasteiger partial charge is 0.0843 e. The average Bonchev–Trinajstić information content (AvgIpc) is 2.76. The lowest BCUT2D eigenvalue weighted by Gasteiger charge is -2.37. The Kier molecular flexibility index (Phi) is 4.03. The molecule has 2 aromatic rings. The Hall–Kier alpha value is -1.39. The van der Waals surface area contributed by atoms with Crippen LogP contribution >= 0.6 is 0 Å². The quantitative estimate of drug-likeness (QED) is 0.875. The fourth-order valence-electron chi connectivity index (χ4n) is 2.96. The van der Waals surface area contributed by atoms with Crippen molar-refractivity contribution in [2.45, 2.75) is 39.4 Å². The zero-order chi connectivity index (χ0) is 13.9. The van der Waals surface area contributed by atoms with Crippen molar-refractivity contribution in [2.75, 3.05) is 19.6 Å². The highest BCUT2D eigenvalue weighted by Crippen LogP contribution is 2.21. The van der Waals surface area contributed by atoms with Gasteiger partial charge in [-0.3, -0.25) is 9.58 Å². The summed E-state index contributed by atoms with van der Waals surface area (Å²) in [5.74, 6) is 0. The van der Waals surface area contributed by atoms with Crippen LogP contribution in [0.25, 0.3) is 10.9 Å². The minimum absolute atomic E-state index is 0.681. The highest BCUT2D eigenvalue weighted by atomic mass is 15.3. The monoisotopic (exact) mass is 272 g/mol. The van der Waals surface area contributed by atoms with E-state index in [4.69, 9.17) is 5.10 Å². The van der Waals surface area contributed by atoms with E-state index in [0.29, 0.717) is 6.04 Å². The maximum Gasteiger partial charge on any atom is 0.0843 e. The molecule has 0 aliphatic carbocycles. The summed E-state index contributed by atoms with van der Waals surface area (Å²) in [5, 5.41) is 9.51. The molecule has 2 heterocycles. The summed E-state index contributed by atoms with van der Waals surface area (Å²) in [6.07, 6.45) is 1.20. The lowest BCUT2D eigenvalue weighted by molar-refractivity contribution is 0.136. The van der Waals surface area contributed by atoms with Crippen molar-refractivity contribution >= 4 is 10.9 Å². The molecule has 1 saturated heterocycles. The molecule has 0 spiro atoms. The fraction of sp³-hybridized carbons (Fsp3) is 0.562. The van der Waals surface area contributed by atoms with E-state index in [2.05, 4.69) is 53.0 Å². The summed E-state index contributed by atoms with van der Waals surface area (Å²) in [6, 6.07) is 9.26. The second-order valence-corrected chi connectivity index (χ2v) is 5.56. The second-order valence-electron chi connectivity index (χ2n) is 5.56. The molecule has 4 heteroatoms. The zero-order valence-electron chi connectivity index (χ0n) is 12.5. The maximum atomic E-state index is 4.83. The molecular weight excluding hydrogens is 248 g/mol. The highest BCUT2D eigenvalue weighted by molar-refractivity contribution is 5.81. The normalized spacial score (nSPS) is 15.9. The first-order valence-corrected chi connectivity index (χ1v) is 7.72. The molecule has 1 aromatic heterocycles. The van der Waals surface area contributed by atoms with E-state index in [1.807, 2.05) is 0 Å². The largest absolute Gasteiger partial charge is 0.314 e. The van der Waals surface area contributed by atoms with Crippen molar-refractivity contribution in [3.05, 3.63) is 30.0 Å². The van der Waals surface area contributed by atoms with E-state index in [1.54, 1.807) is 0 Å². The van der Waals surface area contributed by atoms with Crippen LogP contribution in [0.2, 0.25) is 0 Å². The maximum absolute atomic E-state index is 4.83. The van der Waals surface area contributed by atoms with Crippen LogP contribution in [0.15, 0.2) is 24.3 Å². The van der Waals surface area contributed by atoms with Crippen LogP contribution in [-0.4, -0.2) is 40.4 Å². The van der Waals surface area contributed by atoms with Crippen LogP contribution in [0.4, 0.5) is 0 Å². The first-order valence-electron chi connectivity index (χ1n) is 7.72. The predicted octanol–water partition coefficient (Wildman–Crippen LogP) is 2.24. The van der Waals surface area contributed by atoms with Crippen LogP contribution in [0.1, 0.15) is 26.0 Å². The topological polar surface area (TPSA) is 33.1 Å². The van der Waals surface area contributed by atoms with Gasteiger partial charge >= 0.3 is 0 Å². The van der Waals surface area contributed by atoms with Crippen LogP contribution < -0.4 is 5.32 Å². The third kappa shape index (κ3) is 2.45. The Bertz CT molecular complexity index is 571. The Labute approximate surface area is 120 Å². The van der Waals surface area contributed by atoms with Crippen LogP contribution in [0, 0.1) is 0 Å². The molecule has 1 aromatic carbocycles. The van der Waals surface area contributed by atoms with E-state index in [0.717, 1.165) is 32.7 Å². The van der Waals surface area contributed by atoms with E-state index in [1.165, 1.54) is 23.0 Å². The zero-order valence-corrected chi connectivity index (χ0v) is 12.5. The van der Waals surface area contributed by atoms with E-state index >= 15 is 0 Å². The molecule has 20 heavy (non-hydrogen) atoms. The lowest BCUT2D eigenvalue weighted by Crippen LogP contribution is -2.57.